The molecule has 154 valence electrons. The van der Waals surface area contributed by atoms with Crippen LogP contribution in [0, 0.1) is 5.41 Å². The van der Waals surface area contributed by atoms with Gasteiger partial charge in [-0.3, -0.25) is 19.7 Å². The van der Waals surface area contributed by atoms with Gasteiger partial charge in [0.25, 0.3) is 5.91 Å². The minimum absolute atomic E-state index is 0.0987. The van der Waals surface area contributed by atoms with Gasteiger partial charge in [0.1, 0.15) is 6.04 Å². The van der Waals surface area contributed by atoms with Crippen molar-refractivity contribution in [2.24, 2.45) is 11.1 Å². The maximum atomic E-state index is 13.1. The van der Waals surface area contributed by atoms with Gasteiger partial charge in [0, 0.05) is 37.2 Å². The summed E-state index contributed by atoms with van der Waals surface area (Å²) in [6.45, 7) is 1.08. The van der Waals surface area contributed by atoms with E-state index in [0.29, 0.717) is 37.0 Å². The average molecular weight is 396 g/mol. The molecular formula is C22H28N4O3. The summed E-state index contributed by atoms with van der Waals surface area (Å²) in [4.78, 5) is 38.4. The van der Waals surface area contributed by atoms with E-state index in [4.69, 9.17) is 5.73 Å². The zero-order valence-electron chi connectivity index (χ0n) is 16.6. The highest BCUT2D eigenvalue weighted by Crippen LogP contribution is 2.55. The number of carbonyl (C=O) groups excluding carboxylic acids is 3. The molecule has 1 spiro atoms. The van der Waals surface area contributed by atoms with E-state index in [9.17, 15) is 14.4 Å². The lowest BCUT2D eigenvalue weighted by Gasteiger charge is -2.30. The van der Waals surface area contributed by atoms with Crippen molar-refractivity contribution in [3.63, 3.8) is 0 Å². The molecule has 1 aromatic rings. The summed E-state index contributed by atoms with van der Waals surface area (Å²) in [5.41, 5.74) is 9.20. The number of hydrogen-bond acceptors (Lipinski definition) is 5. The van der Waals surface area contributed by atoms with Crippen molar-refractivity contribution in [3.8, 4) is 0 Å². The van der Waals surface area contributed by atoms with Crippen molar-refractivity contribution in [1.82, 2.24) is 15.5 Å². The van der Waals surface area contributed by atoms with Crippen molar-refractivity contribution in [1.29, 1.82) is 0 Å². The minimum atomic E-state index is -0.564. The summed E-state index contributed by atoms with van der Waals surface area (Å²) in [7, 11) is 0. The Labute approximate surface area is 170 Å². The molecule has 2 unspecified atom stereocenters. The molecule has 0 bridgehead atoms. The van der Waals surface area contributed by atoms with Gasteiger partial charge in [0.05, 0.1) is 0 Å². The van der Waals surface area contributed by atoms with Gasteiger partial charge in [-0.25, -0.2) is 0 Å². The van der Waals surface area contributed by atoms with E-state index < -0.39 is 6.04 Å². The largest absolute Gasteiger partial charge is 0.327 e. The molecule has 2 aliphatic heterocycles. The zero-order chi connectivity index (χ0) is 20.2. The minimum Gasteiger partial charge on any atom is -0.327 e. The first kappa shape index (κ1) is 18.8. The number of benzene rings is 1. The third kappa shape index (κ3) is 3.26. The molecule has 2 heterocycles. The molecule has 0 aromatic heterocycles. The van der Waals surface area contributed by atoms with Crippen molar-refractivity contribution < 1.29 is 14.4 Å². The number of carbonyl (C=O) groups is 3. The summed E-state index contributed by atoms with van der Waals surface area (Å²) in [6, 6.07) is 6.24. The molecular weight excluding hydrogens is 368 g/mol. The highest BCUT2D eigenvalue weighted by molar-refractivity contribution is 6.05. The third-order valence-corrected chi connectivity index (χ3v) is 7.45. The van der Waals surface area contributed by atoms with Crippen LogP contribution < -0.4 is 16.4 Å². The number of imide groups is 1. The van der Waals surface area contributed by atoms with Crippen LogP contribution in [0.25, 0.3) is 0 Å². The van der Waals surface area contributed by atoms with E-state index in [0.717, 1.165) is 29.5 Å². The molecule has 3 fully saturated rings. The van der Waals surface area contributed by atoms with E-state index in [1.807, 2.05) is 18.2 Å². The maximum absolute atomic E-state index is 13.1. The van der Waals surface area contributed by atoms with Crippen LogP contribution in [-0.4, -0.2) is 40.7 Å². The van der Waals surface area contributed by atoms with Crippen molar-refractivity contribution in [3.05, 3.63) is 34.9 Å². The third-order valence-electron chi connectivity index (χ3n) is 7.45. The van der Waals surface area contributed by atoms with Gasteiger partial charge >= 0.3 is 0 Å². The Morgan fingerprint density at radius 1 is 1.17 bits per heavy atom. The average Bonchev–Trinajstić information content (AvgIpc) is 3.19. The van der Waals surface area contributed by atoms with Crippen LogP contribution >= 0.6 is 0 Å². The first-order chi connectivity index (χ1) is 14.0. The number of nitrogens with two attached hydrogens (primary N) is 1. The van der Waals surface area contributed by atoms with Gasteiger partial charge in [-0.05, 0) is 55.1 Å². The Balaban J connectivity index is 1.25. The van der Waals surface area contributed by atoms with Crippen LogP contribution in [0.15, 0.2) is 18.2 Å². The molecule has 0 radical (unpaired) electrons. The summed E-state index contributed by atoms with van der Waals surface area (Å²) in [6.07, 6.45) is 6.51. The second-order valence-corrected chi connectivity index (χ2v) is 9.18. The van der Waals surface area contributed by atoms with E-state index in [2.05, 4.69) is 10.6 Å². The molecule has 2 saturated carbocycles. The van der Waals surface area contributed by atoms with Crippen molar-refractivity contribution in [2.75, 3.05) is 0 Å². The quantitative estimate of drug-likeness (QED) is 0.664. The molecule has 7 nitrogen and oxygen atoms in total. The summed E-state index contributed by atoms with van der Waals surface area (Å²) < 4.78 is 0. The molecule has 5 rings (SSSR count). The van der Waals surface area contributed by atoms with Crippen molar-refractivity contribution >= 4 is 17.7 Å². The van der Waals surface area contributed by atoms with Crippen LogP contribution in [-0.2, 0) is 22.7 Å². The molecule has 29 heavy (non-hydrogen) atoms. The number of rotatable bonds is 4. The van der Waals surface area contributed by atoms with Gasteiger partial charge < -0.3 is 16.0 Å². The molecule has 3 amide bonds. The lowest BCUT2D eigenvalue weighted by Crippen LogP contribution is -2.52. The Morgan fingerprint density at radius 2 is 1.93 bits per heavy atom. The predicted molar refractivity (Wildman–Crippen MR) is 107 cm³/mol. The molecule has 2 aliphatic carbocycles. The van der Waals surface area contributed by atoms with E-state index >= 15 is 0 Å². The van der Waals surface area contributed by atoms with Gasteiger partial charge in [-0.1, -0.05) is 18.2 Å². The fourth-order valence-electron chi connectivity index (χ4n) is 5.44. The molecule has 4 N–H and O–H groups in total. The number of nitrogens with one attached hydrogen (secondary N) is 2. The van der Waals surface area contributed by atoms with E-state index in [-0.39, 0.29) is 24.1 Å². The number of piperidine rings is 1. The first-order valence-electron chi connectivity index (χ1n) is 10.7. The predicted octanol–water partition coefficient (Wildman–Crippen LogP) is 1.20. The second-order valence-electron chi connectivity index (χ2n) is 9.18. The number of amides is 3. The summed E-state index contributed by atoms with van der Waals surface area (Å²) in [5, 5.41) is 6.00. The Bertz CT molecular complexity index is 875. The second kappa shape index (κ2) is 6.92. The molecule has 2 atom stereocenters. The Hall–Kier alpha value is -2.25. The summed E-state index contributed by atoms with van der Waals surface area (Å²) >= 11 is 0. The number of nitrogens with zero attached hydrogens (tertiary/aromatic N) is 1. The monoisotopic (exact) mass is 396 g/mol. The van der Waals surface area contributed by atoms with Crippen LogP contribution in [0.2, 0.25) is 0 Å². The number of hydrogen-bond donors (Lipinski definition) is 3. The molecule has 4 aliphatic rings. The lowest BCUT2D eigenvalue weighted by atomic mass is 9.82. The fraction of sp³-hybridized carbons (Fsp3) is 0.591. The zero-order valence-corrected chi connectivity index (χ0v) is 16.6. The molecule has 1 aromatic carbocycles. The Morgan fingerprint density at radius 3 is 2.62 bits per heavy atom. The highest BCUT2D eigenvalue weighted by Gasteiger charge is 2.52. The van der Waals surface area contributed by atoms with Crippen LogP contribution in [0.5, 0.6) is 0 Å². The van der Waals surface area contributed by atoms with Gasteiger partial charge in [-0.15, -0.1) is 0 Å². The maximum Gasteiger partial charge on any atom is 0.255 e. The standard InChI is InChI=1S/C22H28N4O3/c23-17-10-22(17)8-6-15(7-9-22)24-11-13-2-1-3-14-12-26(21(29)19(13)14)16-4-5-18(27)25-20(16)28/h1-3,15-17,24H,4-12,23H2,(H,25,27,28). The normalized spacial score (nSPS) is 33.8. The van der Waals surface area contributed by atoms with Crippen LogP contribution in [0.1, 0.15) is 66.4 Å². The van der Waals surface area contributed by atoms with Crippen LogP contribution in [0.3, 0.4) is 0 Å². The smallest absolute Gasteiger partial charge is 0.255 e. The Kier molecular flexibility index (Phi) is 4.47. The number of fused-ring (bicyclic) bond motifs is 1. The fourth-order valence-corrected chi connectivity index (χ4v) is 5.44. The van der Waals surface area contributed by atoms with Gasteiger partial charge in [-0.2, -0.15) is 0 Å². The summed E-state index contributed by atoms with van der Waals surface area (Å²) in [5.74, 6) is -0.725. The molecule has 1 saturated heterocycles. The van der Waals surface area contributed by atoms with Crippen molar-refractivity contribution in [2.45, 2.75) is 76.2 Å². The SMILES string of the molecule is NC1CC12CCC(NCc1cccc3c1C(=O)N(C1CCC(=O)NC1=O)C3)CC2. The highest BCUT2D eigenvalue weighted by atomic mass is 16.2. The topological polar surface area (TPSA) is 105 Å². The van der Waals surface area contributed by atoms with E-state index in [1.54, 1.807) is 4.90 Å². The van der Waals surface area contributed by atoms with E-state index in [1.165, 1.54) is 19.3 Å². The lowest BCUT2D eigenvalue weighted by molar-refractivity contribution is -0.136. The van der Waals surface area contributed by atoms with Crippen LogP contribution in [0.4, 0.5) is 0 Å². The van der Waals surface area contributed by atoms with Gasteiger partial charge in [0.2, 0.25) is 11.8 Å². The van der Waals surface area contributed by atoms with Gasteiger partial charge in [0.15, 0.2) is 0 Å². The molecule has 7 heteroatoms. The first-order valence-corrected chi connectivity index (χ1v) is 10.7.